The SMILES string of the molecule is Cc1ccncc1-c1nc2c(Cl)cccc2cc1[C@@H](Nc1ncnc2cccnc12)C(F)(F)F. The van der Waals surface area contributed by atoms with Crippen molar-refractivity contribution < 1.29 is 13.2 Å². The molecule has 0 bridgehead atoms. The third kappa shape index (κ3) is 3.99. The van der Waals surface area contributed by atoms with Gasteiger partial charge >= 0.3 is 6.18 Å². The number of rotatable bonds is 4. The molecule has 0 saturated heterocycles. The Balaban J connectivity index is 1.77. The van der Waals surface area contributed by atoms with Crippen molar-refractivity contribution in [3.8, 4) is 11.3 Å². The Labute approximate surface area is 196 Å². The predicted octanol–water partition coefficient (Wildman–Crippen LogP) is 6.31. The van der Waals surface area contributed by atoms with E-state index in [2.05, 4.69) is 30.2 Å². The van der Waals surface area contributed by atoms with Crippen molar-refractivity contribution in [2.24, 2.45) is 0 Å². The number of anilines is 1. The summed E-state index contributed by atoms with van der Waals surface area (Å²) in [5, 5.41) is 3.38. The van der Waals surface area contributed by atoms with Crippen LogP contribution >= 0.6 is 11.6 Å². The molecule has 5 rings (SSSR count). The third-order valence-corrected chi connectivity index (χ3v) is 5.74. The number of aryl methyl sites for hydroxylation is 1. The minimum Gasteiger partial charge on any atom is -0.353 e. The molecule has 0 aliphatic heterocycles. The van der Waals surface area contributed by atoms with Crippen molar-refractivity contribution in [3.05, 3.63) is 83.5 Å². The van der Waals surface area contributed by atoms with Gasteiger partial charge in [0.25, 0.3) is 0 Å². The van der Waals surface area contributed by atoms with Crippen molar-refractivity contribution >= 4 is 39.4 Å². The molecule has 1 atom stereocenters. The Morgan fingerprint density at radius 1 is 0.971 bits per heavy atom. The minimum absolute atomic E-state index is 0.0343. The quantitative estimate of drug-likeness (QED) is 0.325. The zero-order valence-electron chi connectivity index (χ0n) is 17.7. The first-order valence-electron chi connectivity index (χ1n) is 10.2. The van der Waals surface area contributed by atoms with Gasteiger partial charge in [-0.25, -0.2) is 15.0 Å². The molecule has 6 nitrogen and oxygen atoms in total. The Kier molecular flexibility index (Phi) is 5.49. The van der Waals surface area contributed by atoms with Crippen LogP contribution < -0.4 is 5.32 Å². The van der Waals surface area contributed by atoms with Gasteiger partial charge in [0, 0.05) is 35.1 Å². The summed E-state index contributed by atoms with van der Waals surface area (Å²) in [7, 11) is 0. The number of hydrogen-bond donors (Lipinski definition) is 1. The summed E-state index contributed by atoms with van der Waals surface area (Å²) in [4.78, 5) is 21.0. The van der Waals surface area contributed by atoms with Crippen molar-refractivity contribution in [1.82, 2.24) is 24.9 Å². The van der Waals surface area contributed by atoms with Crippen molar-refractivity contribution in [3.63, 3.8) is 0 Å². The number of hydrogen-bond acceptors (Lipinski definition) is 6. The van der Waals surface area contributed by atoms with Crippen LogP contribution in [0.5, 0.6) is 0 Å². The van der Waals surface area contributed by atoms with E-state index in [1.54, 1.807) is 49.5 Å². The summed E-state index contributed by atoms with van der Waals surface area (Å²) in [6, 6.07) is 9.33. The minimum atomic E-state index is -4.69. The van der Waals surface area contributed by atoms with Crippen LogP contribution in [0.2, 0.25) is 5.02 Å². The second kappa shape index (κ2) is 8.49. The number of benzene rings is 1. The fraction of sp³-hybridized carbons (Fsp3) is 0.125. The topological polar surface area (TPSA) is 76.5 Å². The maximum Gasteiger partial charge on any atom is 0.412 e. The second-order valence-electron chi connectivity index (χ2n) is 7.64. The van der Waals surface area contributed by atoms with E-state index in [1.165, 1.54) is 24.8 Å². The van der Waals surface area contributed by atoms with Crippen LogP contribution in [0.15, 0.2) is 67.4 Å². The normalized spacial score (nSPS) is 12.7. The Morgan fingerprint density at radius 3 is 2.62 bits per heavy atom. The Hall–Kier alpha value is -3.85. The zero-order chi connectivity index (χ0) is 23.9. The Morgan fingerprint density at radius 2 is 1.82 bits per heavy atom. The molecule has 4 heterocycles. The number of halogens is 4. The highest BCUT2D eigenvalue weighted by Gasteiger charge is 2.43. The molecule has 0 unspecified atom stereocenters. The van der Waals surface area contributed by atoms with E-state index in [9.17, 15) is 13.2 Å². The molecule has 0 spiro atoms. The lowest BCUT2D eigenvalue weighted by molar-refractivity contribution is -0.143. The monoisotopic (exact) mass is 480 g/mol. The van der Waals surface area contributed by atoms with Gasteiger partial charge in [-0.1, -0.05) is 23.7 Å². The average molecular weight is 481 g/mol. The molecule has 0 saturated carbocycles. The van der Waals surface area contributed by atoms with Gasteiger partial charge in [0.2, 0.25) is 0 Å². The lowest BCUT2D eigenvalue weighted by atomic mass is 9.96. The highest BCUT2D eigenvalue weighted by Crippen LogP contribution is 2.42. The molecule has 170 valence electrons. The van der Waals surface area contributed by atoms with Crippen LogP contribution in [0, 0.1) is 6.92 Å². The van der Waals surface area contributed by atoms with Crippen LogP contribution in [0.3, 0.4) is 0 Å². The first kappa shape index (κ1) is 22.0. The van der Waals surface area contributed by atoms with Gasteiger partial charge in [0.1, 0.15) is 11.8 Å². The van der Waals surface area contributed by atoms with E-state index >= 15 is 0 Å². The smallest absolute Gasteiger partial charge is 0.353 e. The zero-order valence-corrected chi connectivity index (χ0v) is 18.4. The molecular formula is C24H16ClF3N6. The third-order valence-electron chi connectivity index (χ3n) is 5.43. The van der Waals surface area contributed by atoms with Gasteiger partial charge in [-0.05, 0) is 42.8 Å². The number of fused-ring (bicyclic) bond motifs is 2. The molecule has 1 aromatic carbocycles. The van der Waals surface area contributed by atoms with E-state index in [1.807, 2.05) is 0 Å². The highest BCUT2D eigenvalue weighted by atomic mass is 35.5. The van der Waals surface area contributed by atoms with Crippen molar-refractivity contribution in [2.45, 2.75) is 19.1 Å². The van der Waals surface area contributed by atoms with Crippen LogP contribution in [0.4, 0.5) is 19.0 Å². The number of alkyl halides is 3. The summed E-state index contributed by atoms with van der Waals surface area (Å²) < 4.78 is 43.7. The number of pyridine rings is 3. The molecule has 0 radical (unpaired) electrons. The first-order chi connectivity index (χ1) is 16.3. The number of nitrogens with one attached hydrogen (secondary N) is 1. The lowest BCUT2D eigenvalue weighted by Crippen LogP contribution is -2.29. The molecule has 1 N–H and O–H groups in total. The van der Waals surface area contributed by atoms with Crippen molar-refractivity contribution in [1.29, 1.82) is 0 Å². The molecule has 0 amide bonds. The van der Waals surface area contributed by atoms with Gasteiger partial charge in [-0.2, -0.15) is 13.2 Å². The molecule has 4 aromatic heterocycles. The first-order valence-corrected chi connectivity index (χ1v) is 10.6. The summed E-state index contributed by atoms with van der Waals surface area (Å²) in [6.07, 6.45) is 1.06. The van der Waals surface area contributed by atoms with E-state index in [0.717, 1.165) is 5.56 Å². The van der Waals surface area contributed by atoms with Crippen LogP contribution in [-0.4, -0.2) is 31.1 Å². The number of nitrogens with zero attached hydrogens (tertiary/aromatic N) is 5. The molecule has 34 heavy (non-hydrogen) atoms. The Bertz CT molecular complexity index is 1520. The van der Waals surface area contributed by atoms with Gasteiger partial charge in [0.15, 0.2) is 11.9 Å². The van der Waals surface area contributed by atoms with E-state index < -0.39 is 12.2 Å². The van der Waals surface area contributed by atoms with E-state index in [0.29, 0.717) is 27.0 Å². The fourth-order valence-electron chi connectivity index (χ4n) is 3.80. The molecule has 0 aliphatic rings. The van der Waals surface area contributed by atoms with Gasteiger partial charge in [-0.15, -0.1) is 0 Å². The van der Waals surface area contributed by atoms with Crippen LogP contribution in [0.1, 0.15) is 17.2 Å². The largest absolute Gasteiger partial charge is 0.412 e. The molecule has 10 heteroatoms. The van der Waals surface area contributed by atoms with Gasteiger partial charge in [0.05, 0.1) is 21.7 Å². The molecule has 0 aliphatic carbocycles. The maximum atomic E-state index is 14.6. The second-order valence-corrected chi connectivity index (χ2v) is 8.05. The maximum absolute atomic E-state index is 14.6. The van der Waals surface area contributed by atoms with E-state index in [-0.39, 0.29) is 22.6 Å². The summed E-state index contributed by atoms with van der Waals surface area (Å²) in [5.41, 5.74) is 2.31. The average Bonchev–Trinajstić information content (AvgIpc) is 2.82. The molecule has 0 fully saturated rings. The van der Waals surface area contributed by atoms with Gasteiger partial charge < -0.3 is 5.32 Å². The predicted molar refractivity (Wildman–Crippen MR) is 124 cm³/mol. The molecule has 5 aromatic rings. The lowest BCUT2D eigenvalue weighted by Gasteiger charge is -2.25. The van der Waals surface area contributed by atoms with E-state index in [4.69, 9.17) is 11.6 Å². The number of para-hydroxylation sites is 1. The summed E-state index contributed by atoms with van der Waals surface area (Å²) >= 11 is 6.33. The highest BCUT2D eigenvalue weighted by molar-refractivity contribution is 6.35. The summed E-state index contributed by atoms with van der Waals surface area (Å²) in [5.74, 6) is -0.0343. The fourth-order valence-corrected chi connectivity index (χ4v) is 4.02. The number of aromatic nitrogens is 5. The molecular weight excluding hydrogens is 465 g/mol. The standard InChI is InChI=1S/C24H16ClF3N6/c1-13-7-9-29-11-16(13)20-15(10-14-4-2-5-17(25)19(14)33-20)22(24(26,27)28)34-23-21-18(31-12-32-23)6-3-8-30-21/h2-12,22H,1H3,(H,31,32,34)/t22-/m1/s1. The van der Waals surface area contributed by atoms with Gasteiger partial charge in [-0.3, -0.25) is 9.97 Å². The van der Waals surface area contributed by atoms with Crippen LogP contribution in [-0.2, 0) is 0 Å². The van der Waals surface area contributed by atoms with Crippen LogP contribution in [0.25, 0.3) is 33.2 Å². The van der Waals surface area contributed by atoms with Crippen molar-refractivity contribution in [2.75, 3.05) is 5.32 Å². The summed E-state index contributed by atoms with van der Waals surface area (Å²) in [6.45, 7) is 1.79.